The quantitative estimate of drug-likeness (QED) is 0.660. The number of benzene rings is 1. The summed E-state index contributed by atoms with van der Waals surface area (Å²) in [7, 11) is 0. The Morgan fingerprint density at radius 2 is 2.24 bits per heavy atom. The first-order valence-electron chi connectivity index (χ1n) is 4.81. The Kier molecular flexibility index (Phi) is 4.20. The van der Waals surface area contributed by atoms with Gasteiger partial charge in [0.05, 0.1) is 11.6 Å². The predicted octanol–water partition coefficient (Wildman–Crippen LogP) is -0.300. The van der Waals surface area contributed by atoms with Gasteiger partial charge in [0.25, 0.3) is 5.91 Å². The van der Waals surface area contributed by atoms with Gasteiger partial charge in [0.1, 0.15) is 6.04 Å². The fraction of sp³-hybridized carbons (Fsp3) is 0.182. The van der Waals surface area contributed by atoms with E-state index in [4.69, 9.17) is 16.1 Å². The molecule has 0 bridgehead atoms. The largest absolute Gasteiger partial charge is 0.480 e. The first-order chi connectivity index (χ1) is 8.04. The number of carboxylic acids is 1. The summed E-state index contributed by atoms with van der Waals surface area (Å²) in [4.78, 5) is 22.0. The van der Waals surface area contributed by atoms with Crippen LogP contribution in [0.4, 0.5) is 0 Å². The van der Waals surface area contributed by atoms with Crippen LogP contribution in [0, 0.1) is 11.3 Å². The number of rotatable bonds is 4. The number of aliphatic carboxylic acids is 1. The van der Waals surface area contributed by atoms with Crippen LogP contribution in [-0.4, -0.2) is 29.6 Å². The highest BCUT2D eigenvalue weighted by molar-refractivity contribution is 5.94. The van der Waals surface area contributed by atoms with E-state index in [2.05, 4.69) is 5.32 Å². The van der Waals surface area contributed by atoms with Crippen LogP contribution in [0.2, 0.25) is 0 Å². The fourth-order valence-corrected chi connectivity index (χ4v) is 1.12. The maximum absolute atomic E-state index is 11.6. The molecule has 0 aliphatic rings. The van der Waals surface area contributed by atoms with E-state index in [-0.39, 0.29) is 6.54 Å². The van der Waals surface area contributed by atoms with Crippen LogP contribution in [0.15, 0.2) is 24.3 Å². The minimum absolute atomic E-state index is 0.162. The molecule has 4 N–H and O–H groups in total. The van der Waals surface area contributed by atoms with Crippen molar-refractivity contribution in [1.29, 1.82) is 5.26 Å². The summed E-state index contributed by atoms with van der Waals surface area (Å²) in [6.07, 6.45) is 0. The van der Waals surface area contributed by atoms with Crippen LogP contribution in [0.1, 0.15) is 15.9 Å². The average Bonchev–Trinajstić information content (AvgIpc) is 2.35. The van der Waals surface area contributed by atoms with Crippen LogP contribution < -0.4 is 11.1 Å². The molecule has 0 aliphatic carbocycles. The molecule has 0 heterocycles. The first kappa shape index (κ1) is 12.7. The highest BCUT2D eigenvalue weighted by Crippen LogP contribution is 2.03. The molecule has 0 aromatic heterocycles. The third-order valence-corrected chi connectivity index (χ3v) is 2.05. The summed E-state index contributed by atoms with van der Waals surface area (Å²) in [6, 6.07) is 6.86. The minimum Gasteiger partial charge on any atom is -0.480 e. The molecule has 0 saturated heterocycles. The summed E-state index contributed by atoms with van der Waals surface area (Å²) < 4.78 is 0. The maximum atomic E-state index is 11.6. The topological polar surface area (TPSA) is 116 Å². The van der Waals surface area contributed by atoms with Crippen LogP contribution >= 0.6 is 0 Å². The lowest BCUT2D eigenvalue weighted by atomic mass is 10.1. The van der Waals surface area contributed by atoms with Gasteiger partial charge < -0.3 is 16.2 Å². The molecule has 0 spiro atoms. The second-order valence-electron chi connectivity index (χ2n) is 3.35. The van der Waals surface area contributed by atoms with E-state index in [0.717, 1.165) is 0 Å². The maximum Gasteiger partial charge on any atom is 0.322 e. The van der Waals surface area contributed by atoms with E-state index in [1.807, 2.05) is 6.07 Å². The van der Waals surface area contributed by atoms with Crippen molar-refractivity contribution in [3.05, 3.63) is 35.4 Å². The number of carbonyl (C=O) groups is 2. The molecule has 88 valence electrons. The molecule has 0 aliphatic heterocycles. The molecule has 1 amide bonds. The Bertz CT molecular complexity index is 479. The third kappa shape index (κ3) is 3.59. The van der Waals surface area contributed by atoms with Crippen molar-refractivity contribution >= 4 is 11.9 Å². The first-order valence-corrected chi connectivity index (χ1v) is 4.81. The molecule has 0 saturated carbocycles. The zero-order valence-corrected chi connectivity index (χ0v) is 8.88. The van der Waals surface area contributed by atoms with Crippen molar-refractivity contribution in [2.24, 2.45) is 5.73 Å². The molecule has 0 unspecified atom stereocenters. The Labute approximate surface area is 97.7 Å². The van der Waals surface area contributed by atoms with Gasteiger partial charge in [-0.1, -0.05) is 6.07 Å². The van der Waals surface area contributed by atoms with Crippen LogP contribution in [0.5, 0.6) is 0 Å². The Balaban J connectivity index is 2.64. The highest BCUT2D eigenvalue weighted by Gasteiger charge is 2.13. The SMILES string of the molecule is N#Cc1cccc(C(=O)NC[C@H](N)C(=O)O)c1. The highest BCUT2D eigenvalue weighted by atomic mass is 16.4. The Morgan fingerprint density at radius 1 is 1.53 bits per heavy atom. The van der Waals surface area contributed by atoms with E-state index in [1.165, 1.54) is 12.1 Å². The predicted molar refractivity (Wildman–Crippen MR) is 59.1 cm³/mol. The number of nitrogens with one attached hydrogen (secondary N) is 1. The van der Waals surface area contributed by atoms with Crippen molar-refractivity contribution in [2.75, 3.05) is 6.54 Å². The van der Waals surface area contributed by atoms with E-state index in [9.17, 15) is 9.59 Å². The number of nitriles is 1. The standard InChI is InChI=1S/C11H11N3O3/c12-5-7-2-1-3-8(4-7)10(15)14-6-9(13)11(16)17/h1-4,9H,6,13H2,(H,14,15)(H,16,17)/t9-/m0/s1. The number of hydrogen-bond acceptors (Lipinski definition) is 4. The second kappa shape index (κ2) is 5.63. The molecule has 0 radical (unpaired) electrons. The van der Waals surface area contributed by atoms with Crippen molar-refractivity contribution < 1.29 is 14.7 Å². The van der Waals surface area contributed by atoms with Gasteiger partial charge in [0, 0.05) is 12.1 Å². The number of carbonyl (C=O) groups excluding carboxylic acids is 1. The molecule has 6 heteroatoms. The molecule has 1 rings (SSSR count). The van der Waals surface area contributed by atoms with Gasteiger partial charge in [0.2, 0.25) is 0 Å². The van der Waals surface area contributed by atoms with E-state index < -0.39 is 17.9 Å². The van der Waals surface area contributed by atoms with E-state index in [1.54, 1.807) is 12.1 Å². The molecule has 0 fully saturated rings. The van der Waals surface area contributed by atoms with Crippen LogP contribution in [0.3, 0.4) is 0 Å². The monoisotopic (exact) mass is 233 g/mol. The summed E-state index contributed by atoms with van der Waals surface area (Å²) in [5.41, 5.74) is 5.89. The van der Waals surface area contributed by atoms with Gasteiger partial charge in [0.15, 0.2) is 0 Å². The summed E-state index contributed by atoms with van der Waals surface area (Å²) in [5.74, 6) is -1.64. The minimum atomic E-state index is -1.18. The summed E-state index contributed by atoms with van der Waals surface area (Å²) in [6.45, 7) is -0.162. The molecule has 1 aromatic carbocycles. The smallest absolute Gasteiger partial charge is 0.322 e. The van der Waals surface area contributed by atoms with Crippen LogP contribution in [-0.2, 0) is 4.79 Å². The normalized spacial score (nSPS) is 11.3. The molecule has 1 aromatic rings. The summed E-state index contributed by atoms with van der Waals surface area (Å²) >= 11 is 0. The molecule has 17 heavy (non-hydrogen) atoms. The van der Waals surface area contributed by atoms with Crippen molar-refractivity contribution in [3.8, 4) is 6.07 Å². The molecular weight excluding hydrogens is 222 g/mol. The second-order valence-corrected chi connectivity index (χ2v) is 3.35. The zero-order chi connectivity index (χ0) is 12.8. The van der Waals surface area contributed by atoms with Crippen LogP contribution in [0.25, 0.3) is 0 Å². The van der Waals surface area contributed by atoms with Gasteiger partial charge in [-0.25, -0.2) is 0 Å². The Hall–Kier alpha value is -2.39. The molecule has 6 nitrogen and oxygen atoms in total. The Morgan fingerprint density at radius 3 is 2.82 bits per heavy atom. The van der Waals surface area contributed by atoms with Gasteiger partial charge in [-0.2, -0.15) is 5.26 Å². The summed E-state index contributed by atoms with van der Waals surface area (Å²) in [5, 5.41) is 19.6. The van der Waals surface area contributed by atoms with Crippen molar-refractivity contribution in [2.45, 2.75) is 6.04 Å². The number of nitrogens with zero attached hydrogens (tertiary/aromatic N) is 1. The zero-order valence-electron chi connectivity index (χ0n) is 8.88. The molecular formula is C11H11N3O3. The number of hydrogen-bond donors (Lipinski definition) is 3. The van der Waals surface area contributed by atoms with Gasteiger partial charge in [-0.3, -0.25) is 9.59 Å². The van der Waals surface area contributed by atoms with E-state index in [0.29, 0.717) is 11.1 Å². The van der Waals surface area contributed by atoms with E-state index >= 15 is 0 Å². The van der Waals surface area contributed by atoms with Gasteiger partial charge >= 0.3 is 5.97 Å². The number of amides is 1. The number of nitrogens with two attached hydrogens (primary N) is 1. The van der Waals surface area contributed by atoms with Gasteiger partial charge in [-0.15, -0.1) is 0 Å². The molecule has 1 atom stereocenters. The lowest BCUT2D eigenvalue weighted by Gasteiger charge is -2.08. The lowest BCUT2D eigenvalue weighted by Crippen LogP contribution is -2.42. The van der Waals surface area contributed by atoms with Crippen molar-refractivity contribution in [1.82, 2.24) is 5.32 Å². The lowest BCUT2D eigenvalue weighted by molar-refractivity contribution is -0.138. The number of carboxylic acid groups (broad SMARTS) is 1. The third-order valence-electron chi connectivity index (χ3n) is 2.05. The van der Waals surface area contributed by atoms with Gasteiger partial charge in [-0.05, 0) is 18.2 Å². The average molecular weight is 233 g/mol. The van der Waals surface area contributed by atoms with Crippen molar-refractivity contribution in [3.63, 3.8) is 0 Å². The fourth-order valence-electron chi connectivity index (χ4n) is 1.12.